The van der Waals surface area contributed by atoms with Gasteiger partial charge in [-0.3, -0.25) is 0 Å². The van der Waals surface area contributed by atoms with E-state index in [1.54, 1.807) is 0 Å². The predicted octanol–water partition coefficient (Wildman–Crippen LogP) is 12.5. The number of benzene rings is 8. The molecule has 10 aromatic rings. The highest BCUT2D eigenvalue weighted by molar-refractivity contribution is 6.25. The summed E-state index contributed by atoms with van der Waals surface area (Å²) in [5.74, 6) is 0.684. The summed E-state index contributed by atoms with van der Waals surface area (Å²) in [6, 6.07) is 59.9. The van der Waals surface area contributed by atoms with E-state index in [0.29, 0.717) is 11.4 Å². The average Bonchev–Trinajstić information content (AvgIpc) is 3.56. The van der Waals surface area contributed by atoms with E-state index in [2.05, 4.69) is 121 Å². The normalized spacial score (nSPS) is 11.7. The van der Waals surface area contributed by atoms with Crippen molar-refractivity contribution in [1.82, 2.24) is 9.97 Å². The van der Waals surface area contributed by atoms with Gasteiger partial charge in [0.1, 0.15) is 16.8 Å². The van der Waals surface area contributed by atoms with Crippen molar-refractivity contribution in [3.8, 4) is 44.9 Å². The number of nitrogens with zero attached hydrogens (tertiary/aromatic N) is 2. The van der Waals surface area contributed by atoms with Crippen LogP contribution in [0.2, 0.25) is 0 Å². The van der Waals surface area contributed by atoms with Crippen molar-refractivity contribution in [2.24, 2.45) is 0 Å². The molecular weight excluding hydrogens is 597 g/mol. The van der Waals surface area contributed by atoms with Gasteiger partial charge in [-0.1, -0.05) is 152 Å². The van der Waals surface area contributed by atoms with E-state index < -0.39 is 0 Å². The first-order chi connectivity index (χ1) is 24.3. The molecular formula is C46H28N2O. The van der Waals surface area contributed by atoms with Gasteiger partial charge in [-0.25, -0.2) is 9.97 Å². The van der Waals surface area contributed by atoms with Crippen LogP contribution in [0.3, 0.4) is 0 Å². The molecule has 0 spiro atoms. The van der Waals surface area contributed by atoms with Gasteiger partial charge in [-0.2, -0.15) is 0 Å². The Morgan fingerprint density at radius 3 is 1.41 bits per heavy atom. The Bertz CT molecular complexity index is 2820. The van der Waals surface area contributed by atoms with Crippen molar-refractivity contribution in [1.29, 1.82) is 0 Å². The quantitative estimate of drug-likeness (QED) is 0.183. The fraction of sp³-hybridized carbons (Fsp3) is 0. The first-order valence-corrected chi connectivity index (χ1v) is 16.6. The van der Waals surface area contributed by atoms with Crippen LogP contribution in [0.5, 0.6) is 0 Å². The van der Waals surface area contributed by atoms with Crippen molar-refractivity contribution in [3.63, 3.8) is 0 Å². The smallest absolute Gasteiger partial charge is 0.180 e. The number of aromatic nitrogens is 2. The second kappa shape index (κ2) is 11.0. The third kappa shape index (κ3) is 4.51. The summed E-state index contributed by atoms with van der Waals surface area (Å²) < 4.78 is 6.57. The molecule has 8 aromatic carbocycles. The summed E-state index contributed by atoms with van der Waals surface area (Å²) in [6.45, 7) is 0. The summed E-state index contributed by atoms with van der Waals surface area (Å²) in [4.78, 5) is 10.0. The highest BCUT2D eigenvalue weighted by Crippen LogP contribution is 2.39. The molecule has 2 heterocycles. The molecule has 0 N–H and O–H groups in total. The average molecular weight is 625 g/mol. The zero-order valence-electron chi connectivity index (χ0n) is 26.5. The van der Waals surface area contributed by atoms with Crippen LogP contribution in [0.15, 0.2) is 174 Å². The lowest BCUT2D eigenvalue weighted by Gasteiger charge is -2.12. The van der Waals surface area contributed by atoms with Crippen LogP contribution in [0.4, 0.5) is 0 Å². The van der Waals surface area contributed by atoms with Crippen LogP contribution in [0, 0.1) is 0 Å². The third-order valence-electron chi connectivity index (χ3n) is 9.69. The van der Waals surface area contributed by atoms with Gasteiger partial charge in [0.15, 0.2) is 11.4 Å². The summed E-state index contributed by atoms with van der Waals surface area (Å²) in [6.07, 6.45) is 0. The maximum absolute atomic E-state index is 6.57. The molecule has 0 amide bonds. The number of hydrogen-bond acceptors (Lipinski definition) is 3. The molecule has 0 aliphatic rings. The highest BCUT2D eigenvalue weighted by atomic mass is 16.3. The number of hydrogen-bond donors (Lipinski definition) is 0. The van der Waals surface area contributed by atoms with Gasteiger partial charge in [-0.05, 0) is 72.8 Å². The summed E-state index contributed by atoms with van der Waals surface area (Å²) in [5.41, 5.74) is 9.68. The maximum atomic E-state index is 6.57. The van der Waals surface area contributed by atoms with E-state index >= 15 is 0 Å². The van der Waals surface area contributed by atoms with Gasteiger partial charge in [0.05, 0.1) is 0 Å². The summed E-state index contributed by atoms with van der Waals surface area (Å²) >= 11 is 0. The predicted molar refractivity (Wildman–Crippen MR) is 204 cm³/mol. The Morgan fingerprint density at radius 2 is 0.796 bits per heavy atom. The zero-order chi connectivity index (χ0) is 32.3. The Labute approximate surface area is 282 Å². The number of rotatable bonds is 4. The lowest BCUT2D eigenvalue weighted by Crippen LogP contribution is -1.93. The van der Waals surface area contributed by atoms with E-state index in [4.69, 9.17) is 14.4 Å². The van der Waals surface area contributed by atoms with Gasteiger partial charge in [0.2, 0.25) is 0 Å². The van der Waals surface area contributed by atoms with E-state index in [9.17, 15) is 0 Å². The summed E-state index contributed by atoms with van der Waals surface area (Å²) in [7, 11) is 0. The van der Waals surface area contributed by atoms with E-state index in [1.165, 1.54) is 43.4 Å². The molecule has 0 saturated heterocycles. The van der Waals surface area contributed by atoms with Crippen LogP contribution in [0.1, 0.15) is 0 Å². The third-order valence-corrected chi connectivity index (χ3v) is 9.69. The molecule has 3 heteroatoms. The second-order valence-electron chi connectivity index (χ2n) is 12.5. The molecule has 0 bridgehead atoms. The van der Waals surface area contributed by atoms with Crippen molar-refractivity contribution >= 4 is 54.4 Å². The van der Waals surface area contributed by atoms with Crippen molar-refractivity contribution < 1.29 is 4.42 Å². The molecule has 0 unspecified atom stereocenters. The van der Waals surface area contributed by atoms with Crippen LogP contribution in [0.25, 0.3) is 99.3 Å². The molecule has 10 rings (SSSR count). The minimum absolute atomic E-state index is 0.684. The van der Waals surface area contributed by atoms with Crippen LogP contribution in [-0.4, -0.2) is 9.97 Å². The molecule has 2 aromatic heterocycles. The first-order valence-electron chi connectivity index (χ1n) is 16.6. The summed E-state index contributed by atoms with van der Waals surface area (Å²) in [5, 5.41) is 8.69. The number of fused-ring (bicyclic) bond motifs is 9. The van der Waals surface area contributed by atoms with Crippen molar-refractivity contribution in [2.75, 3.05) is 0 Å². The van der Waals surface area contributed by atoms with Gasteiger partial charge < -0.3 is 4.42 Å². The molecule has 0 aliphatic heterocycles. The SMILES string of the molecule is c1ccc(-c2nc(-c3ccccc3)c3oc4cc(-c5ccc(-c6ccc7c8ccccc8c8ccccc8c7c6)cc5)ccc4c3n2)cc1. The van der Waals surface area contributed by atoms with E-state index in [0.717, 1.165) is 44.4 Å². The topological polar surface area (TPSA) is 38.9 Å². The van der Waals surface area contributed by atoms with Gasteiger partial charge in [0.25, 0.3) is 0 Å². The van der Waals surface area contributed by atoms with E-state index in [-0.39, 0.29) is 0 Å². The minimum Gasteiger partial charge on any atom is -0.452 e. The Morgan fingerprint density at radius 1 is 0.327 bits per heavy atom. The van der Waals surface area contributed by atoms with Crippen LogP contribution in [-0.2, 0) is 0 Å². The lowest BCUT2D eigenvalue weighted by molar-refractivity contribution is 0.667. The number of furan rings is 1. The lowest BCUT2D eigenvalue weighted by atomic mass is 9.92. The second-order valence-corrected chi connectivity index (χ2v) is 12.5. The maximum Gasteiger partial charge on any atom is 0.180 e. The van der Waals surface area contributed by atoms with Crippen LogP contribution < -0.4 is 0 Å². The van der Waals surface area contributed by atoms with E-state index in [1.807, 2.05) is 48.5 Å². The van der Waals surface area contributed by atoms with Crippen molar-refractivity contribution in [2.45, 2.75) is 0 Å². The van der Waals surface area contributed by atoms with Crippen LogP contribution >= 0.6 is 0 Å². The monoisotopic (exact) mass is 624 g/mol. The first kappa shape index (κ1) is 27.5. The fourth-order valence-corrected chi connectivity index (χ4v) is 7.27. The Hall–Kier alpha value is -6.58. The zero-order valence-corrected chi connectivity index (χ0v) is 26.5. The highest BCUT2D eigenvalue weighted by Gasteiger charge is 2.19. The van der Waals surface area contributed by atoms with Gasteiger partial charge in [0, 0.05) is 16.5 Å². The Kier molecular flexibility index (Phi) is 6.18. The van der Waals surface area contributed by atoms with Gasteiger partial charge >= 0.3 is 0 Å². The largest absolute Gasteiger partial charge is 0.452 e. The fourth-order valence-electron chi connectivity index (χ4n) is 7.27. The molecule has 0 fully saturated rings. The molecule has 0 radical (unpaired) electrons. The standard InChI is InChI=1S/C46H28N2O/c1-3-11-31(12-4-1)43-45-44(48-46(47-43)32-13-5-2-6-14-32)40-26-24-34(28-42(40)49-45)30-21-19-29(20-22-30)33-23-25-39-37-17-8-7-15-35(37)36-16-9-10-18-38(36)41(39)27-33/h1-28H. The molecule has 0 atom stereocenters. The Balaban J connectivity index is 1.06. The minimum atomic E-state index is 0.684. The molecule has 3 nitrogen and oxygen atoms in total. The van der Waals surface area contributed by atoms with Gasteiger partial charge in [-0.15, -0.1) is 0 Å². The molecule has 228 valence electrons. The molecule has 0 aliphatic carbocycles. The molecule has 0 saturated carbocycles. The van der Waals surface area contributed by atoms with Crippen molar-refractivity contribution in [3.05, 3.63) is 170 Å². The molecule has 49 heavy (non-hydrogen) atoms.